The first-order chi connectivity index (χ1) is 14.9. The average Bonchev–Trinajstić information content (AvgIpc) is 3.21. The molecule has 0 bridgehead atoms. The second-order valence-electron chi connectivity index (χ2n) is 7.08. The van der Waals surface area contributed by atoms with Crippen molar-refractivity contribution in [2.24, 2.45) is 0 Å². The number of benzene rings is 2. The largest absolute Gasteiger partial charge is 0.493 e. The molecule has 0 amide bonds. The van der Waals surface area contributed by atoms with E-state index < -0.39 is 10.0 Å². The first-order valence-corrected chi connectivity index (χ1v) is 11.4. The molecule has 4 rings (SSSR count). The van der Waals surface area contributed by atoms with Gasteiger partial charge < -0.3 is 14.2 Å². The van der Waals surface area contributed by atoms with Crippen molar-refractivity contribution in [3.8, 4) is 17.2 Å². The molecule has 2 aromatic carbocycles. The molecule has 3 aromatic rings. The minimum Gasteiger partial charge on any atom is -0.493 e. The topological polar surface area (TPSA) is 88.8 Å². The highest BCUT2D eigenvalue weighted by Gasteiger charge is 2.30. The molecule has 31 heavy (non-hydrogen) atoms. The third-order valence-corrected chi connectivity index (χ3v) is 6.97. The van der Waals surface area contributed by atoms with Gasteiger partial charge in [0.05, 0.1) is 22.8 Å². The molecule has 0 radical (unpaired) electrons. The van der Waals surface area contributed by atoms with Crippen molar-refractivity contribution in [2.75, 3.05) is 37.7 Å². The highest BCUT2D eigenvalue weighted by molar-refractivity contribution is 7.89. The Morgan fingerprint density at radius 1 is 1.13 bits per heavy atom. The van der Waals surface area contributed by atoms with Crippen molar-refractivity contribution >= 4 is 15.7 Å². The Hall–Kier alpha value is -2.98. The van der Waals surface area contributed by atoms with Gasteiger partial charge in [0, 0.05) is 26.2 Å². The molecule has 1 fully saturated rings. The molecule has 2 heterocycles. The number of halogens is 1. The van der Waals surface area contributed by atoms with E-state index in [0.717, 1.165) is 0 Å². The first-order valence-electron chi connectivity index (χ1n) is 9.97. The van der Waals surface area contributed by atoms with Crippen LogP contribution >= 0.6 is 0 Å². The molecule has 0 aliphatic carbocycles. The lowest BCUT2D eigenvalue weighted by Gasteiger charge is -2.35. The van der Waals surface area contributed by atoms with E-state index in [9.17, 15) is 12.8 Å². The average molecular weight is 447 g/mol. The Morgan fingerprint density at radius 3 is 2.52 bits per heavy atom. The van der Waals surface area contributed by atoms with Crippen LogP contribution in [0.4, 0.5) is 10.1 Å². The van der Waals surface area contributed by atoms with Gasteiger partial charge in [-0.2, -0.15) is 9.29 Å². The maximum atomic E-state index is 14.1. The van der Waals surface area contributed by atoms with Crippen molar-refractivity contribution in [1.29, 1.82) is 0 Å². The summed E-state index contributed by atoms with van der Waals surface area (Å²) in [7, 11) is -3.77. The van der Waals surface area contributed by atoms with Gasteiger partial charge in [-0.15, -0.1) is 0 Å². The van der Waals surface area contributed by atoms with Gasteiger partial charge in [-0.3, -0.25) is 0 Å². The van der Waals surface area contributed by atoms with E-state index in [1.54, 1.807) is 31.2 Å². The molecule has 10 heteroatoms. The van der Waals surface area contributed by atoms with Gasteiger partial charge in [0.1, 0.15) is 11.6 Å². The van der Waals surface area contributed by atoms with Crippen LogP contribution in [0.3, 0.4) is 0 Å². The van der Waals surface area contributed by atoms with Crippen LogP contribution in [0.15, 0.2) is 51.9 Å². The zero-order valence-electron chi connectivity index (χ0n) is 17.3. The van der Waals surface area contributed by atoms with E-state index in [1.807, 2.05) is 11.8 Å². The fourth-order valence-corrected chi connectivity index (χ4v) is 5.00. The second kappa shape index (κ2) is 8.64. The van der Waals surface area contributed by atoms with Gasteiger partial charge in [0.25, 0.3) is 5.89 Å². The lowest BCUT2D eigenvalue weighted by molar-refractivity contribution is 0.338. The molecule has 0 N–H and O–H groups in total. The number of aryl methyl sites for hydroxylation is 1. The number of hydrogen-bond acceptors (Lipinski definition) is 7. The van der Waals surface area contributed by atoms with Crippen LogP contribution < -0.4 is 9.64 Å². The number of sulfonamides is 1. The summed E-state index contributed by atoms with van der Waals surface area (Å²) in [5.74, 6) is 0.789. The van der Waals surface area contributed by atoms with E-state index in [4.69, 9.17) is 9.26 Å². The lowest BCUT2D eigenvalue weighted by Crippen LogP contribution is -2.48. The van der Waals surface area contributed by atoms with Gasteiger partial charge in [0.2, 0.25) is 10.0 Å². The third kappa shape index (κ3) is 4.26. The van der Waals surface area contributed by atoms with Crippen molar-refractivity contribution in [3.05, 3.63) is 54.1 Å². The maximum Gasteiger partial charge on any atom is 0.261 e. The van der Waals surface area contributed by atoms with Gasteiger partial charge in [-0.1, -0.05) is 17.3 Å². The number of rotatable bonds is 6. The predicted octanol–water partition coefficient (Wildman–Crippen LogP) is 3.09. The van der Waals surface area contributed by atoms with Crippen LogP contribution in [0.1, 0.15) is 12.7 Å². The van der Waals surface area contributed by atoms with E-state index in [0.29, 0.717) is 42.5 Å². The van der Waals surface area contributed by atoms with Crippen LogP contribution in [0.2, 0.25) is 0 Å². The minimum absolute atomic E-state index is 0.112. The normalized spacial score (nSPS) is 15.3. The van der Waals surface area contributed by atoms with Gasteiger partial charge in [-0.05, 0) is 44.2 Å². The molecule has 0 atom stereocenters. The quantitative estimate of drug-likeness (QED) is 0.575. The Labute approximate surface area is 180 Å². The SMILES string of the molecule is CCOc1ccc(S(=O)(=O)N2CCN(c3ccccc3F)CC2)cc1-c1nc(C)no1. The maximum absolute atomic E-state index is 14.1. The van der Waals surface area contributed by atoms with Gasteiger partial charge in [-0.25, -0.2) is 12.8 Å². The van der Waals surface area contributed by atoms with Crippen molar-refractivity contribution in [2.45, 2.75) is 18.7 Å². The molecule has 1 aromatic heterocycles. The minimum atomic E-state index is -3.77. The van der Waals surface area contributed by atoms with E-state index in [-0.39, 0.29) is 29.7 Å². The molecular formula is C21H23FN4O4S. The van der Waals surface area contributed by atoms with Crippen LogP contribution in [0.25, 0.3) is 11.5 Å². The Morgan fingerprint density at radius 2 is 1.87 bits per heavy atom. The summed E-state index contributed by atoms with van der Waals surface area (Å²) < 4.78 is 52.9. The smallest absolute Gasteiger partial charge is 0.261 e. The van der Waals surface area contributed by atoms with Crippen LogP contribution in [0.5, 0.6) is 5.75 Å². The number of aromatic nitrogens is 2. The van der Waals surface area contributed by atoms with E-state index in [2.05, 4.69) is 10.1 Å². The zero-order chi connectivity index (χ0) is 22.0. The zero-order valence-corrected chi connectivity index (χ0v) is 18.1. The molecular weight excluding hydrogens is 423 g/mol. The summed E-state index contributed by atoms with van der Waals surface area (Å²) in [4.78, 5) is 6.17. The summed E-state index contributed by atoms with van der Waals surface area (Å²) in [5.41, 5.74) is 0.906. The standard InChI is InChI=1S/C21H23FN4O4S/c1-3-29-20-9-8-16(14-17(20)21-23-15(2)24-30-21)31(27,28)26-12-10-25(11-13-26)19-7-5-4-6-18(19)22/h4-9,14H,3,10-13H2,1-2H3. The summed E-state index contributed by atoms with van der Waals surface area (Å²) in [6, 6.07) is 11.1. The van der Waals surface area contributed by atoms with Gasteiger partial charge >= 0.3 is 0 Å². The van der Waals surface area contributed by atoms with E-state index in [1.165, 1.54) is 22.5 Å². The summed E-state index contributed by atoms with van der Waals surface area (Å²) in [6.07, 6.45) is 0. The Kier molecular flexibility index (Phi) is 5.92. The predicted molar refractivity (Wildman–Crippen MR) is 113 cm³/mol. The van der Waals surface area contributed by atoms with E-state index >= 15 is 0 Å². The molecule has 1 aliphatic rings. The Balaban J connectivity index is 1.58. The van der Waals surface area contributed by atoms with Crippen LogP contribution in [0, 0.1) is 12.7 Å². The van der Waals surface area contributed by atoms with Gasteiger partial charge in [0.15, 0.2) is 5.82 Å². The second-order valence-corrected chi connectivity index (χ2v) is 9.02. The number of piperazine rings is 1. The van der Waals surface area contributed by atoms with Crippen LogP contribution in [-0.2, 0) is 10.0 Å². The summed E-state index contributed by atoms with van der Waals surface area (Å²) in [5, 5.41) is 3.78. The van der Waals surface area contributed by atoms with Crippen molar-refractivity contribution in [1.82, 2.24) is 14.4 Å². The number of ether oxygens (including phenoxy) is 1. The summed E-state index contributed by atoms with van der Waals surface area (Å²) in [6.45, 7) is 5.22. The fraction of sp³-hybridized carbons (Fsp3) is 0.333. The number of para-hydroxylation sites is 1. The number of hydrogen-bond donors (Lipinski definition) is 0. The van der Waals surface area contributed by atoms with Crippen molar-refractivity contribution < 1.29 is 22.1 Å². The summed E-state index contributed by atoms with van der Waals surface area (Å²) >= 11 is 0. The van der Waals surface area contributed by atoms with Crippen molar-refractivity contribution in [3.63, 3.8) is 0 Å². The number of anilines is 1. The highest BCUT2D eigenvalue weighted by Crippen LogP contribution is 2.33. The first kappa shape index (κ1) is 21.3. The lowest BCUT2D eigenvalue weighted by atomic mass is 10.2. The molecule has 1 saturated heterocycles. The van der Waals surface area contributed by atoms with Crippen LogP contribution in [-0.4, -0.2) is 55.6 Å². The molecule has 1 aliphatic heterocycles. The highest BCUT2D eigenvalue weighted by atomic mass is 32.2. The molecule has 0 saturated carbocycles. The third-order valence-electron chi connectivity index (χ3n) is 5.08. The monoisotopic (exact) mass is 446 g/mol. The number of nitrogens with zero attached hydrogens (tertiary/aromatic N) is 4. The molecule has 0 spiro atoms. The molecule has 8 nitrogen and oxygen atoms in total. The fourth-order valence-electron chi connectivity index (χ4n) is 3.55. The molecule has 164 valence electrons. The molecule has 0 unspecified atom stereocenters. The Bertz CT molecular complexity index is 1170.